The first-order valence-corrected chi connectivity index (χ1v) is 7.33. The molecule has 0 aromatic heterocycles. The molecule has 0 spiro atoms. The van der Waals surface area contributed by atoms with E-state index in [0.717, 1.165) is 19.4 Å². The normalized spacial score (nSPS) is 19.8. The van der Waals surface area contributed by atoms with Crippen molar-refractivity contribution in [3.05, 3.63) is 29.8 Å². The third kappa shape index (κ3) is 3.48. The van der Waals surface area contributed by atoms with Crippen LogP contribution in [0.4, 0.5) is 5.69 Å². The first kappa shape index (κ1) is 14.4. The molecule has 2 atom stereocenters. The Balaban J connectivity index is 1.96. The van der Waals surface area contributed by atoms with Gasteiger partial charge in [0.25, 0.3) is 0 Å². The van der Waals surface area contributed by atoms with Gasteiger partial charge in [-0.1, -0.05) is 32.0 Å². The molecule has 0 aliphatic carbocycles. The summed E-state index contributed by atoms with van der Waals surface area (Å²) in [6.07, 6.45) is 2.12. The van der Waals surface area contributed by atoms with E-state index in [4.69, 9.17) is 0 Å². The van der Waals surface area contributed by atoms with E-state index in [1.54, 1.807) is 0 Å². The Morgan fingerprint density at radius 2 is 2.11 bits per heavy atom. The van der Waals surface area contributed by atoms with Gasteiger partial charge in [0.15, 0.2) is 0 Å². The molecule has 1 aliphatic heterocycles. The largest absolute Gasteiger partial charge is 0.395 e. The fraction of sp³-hybridized carbons (Fsp3) is 0.625. The maximum absolute atomic E-state index is 9.43. The molecule has 0 saturated heterocycles. The summed E-state index contributed by atoms with van der Waals surface area (Å²) in [6.45, 7) is 7.74. The van der Waals surface area contributed by atoms with Gasteiger partial charge in [0.2, 0.25) is 0 Å². The molecule has 1 aliphatic rings. The van der Waals surface area contributed by atoms with Gasteiger partial charge < -0.3 is 15.3 Å². The number of para-hydroxylation sites is 1. The third-order valence-corrected chi connectivity index (χ3v) is 3.86. The Bertz CT molecular complexity index is 405. The molecule has 2 unspecified atom stereocenters. The highest BCUT2D eigenvalue weighted by Crippen LogP contribution is 2.31. The summed E-state index contributed by atoms with van der Waals surface area (Å²) in [5.41, 5.74) is 2.82. The van der Waals surface area contributed by atoms with Gasteiger partial charge in [-0.2, -0.15) is 0 Å². The predicted molar refractivity (Wildman–Crippen MR) is 80.7 cm³/mol. The van der Waals surface area contributed by atoms with E-state index in [1.165, 1.54) is 11.3 Å². The highest BCUT2D eigenvalue weighted by molar-refractivity contribution is 5.59. The maximum atomic E-state index is 9.43. The molecule has 0 bridgehead atoms. The molecule has 3 nitrogen and oxygen atoms in total. The van der Waals surface area contributed by atoms with Gasteiger partial charge >= 0.3 is 0 Å². The quantitative estimate of drug-likeness (QED) is 0.825. The van der Waals surface area contributed by atoms with Crippen LogP contribution in [0, 0.1) is 0 Å². The van der Waals surface area contributed by atoms with Crippen molar-refractivity contribution >= 4 is 5.69 Å². The number of aliphatic hydroxyl groups excluding tert-OH is 1. The predicted octanol–water partition coefficient (Wildman–Crippen LogP) is 2.19. The number of fused-ring (bicyclic) bond motifs is 1. The van der Waals surface area contributed by atoms with Crippen LogP contribution in [0.3, 0.4) is 0 Å². The van der Waals surface area contributed by atoms with Gasteiger partial charge in [-0.05, 0) is 31.4 Å². The van der Waals surface area contributed by atoms with E-state index in [0.29, 0.717) is 12.1 Å². The number of anilines is 1. The van der Waals surface area contributed by atoms with Crippen molar-refractivity contribution in [1.29, 1.82) is 0 Å². The zero-order valence-corrected chi connectivity index (χ0v) is 12.3. The first-order chi connectivity index (χ1) is 9.11. The average molecular weight is 262 g/mol. The minimum Gasteiger partial charge on any atom is -0.395 e. The molecule has 0 fully saturated rings. The van der Waals surface area contributed by atoms with Crippen LogP contribution in [-0.4, -0.2) is 36.4 Å². The van der Waals surface area contributed by atoms with Crippen LogP contribution in [0.5, 0.6) is 0 Å². The molecule has 1 aromatic carbocycles. The highest BCUT2D eigenvalue weighted by atomic mass is 16.3. The lowest BCUT2D eigenvalue weighted by atomic mass is 10.1. The molecular weight excluding hydrogens is 236 g/mol. The minimum atomic E-state index is 0.194. The monoisotopic (exact) mass is 262 g/mol. The molecule has 0 radical (unpaired) electrons. The molecule has 2 N–H and O–H groups in total. The number of rotatable bonds is 6. The third-order valence-electron chi connectivity index (χ3n) is 3.86. The lowest BCUT2D eigenvalue weighted by molar-refractivity contribution is 0.229. The van der Waals surface area contributed by atoms with Crippen molar-refractivity contribution in [1.82, 2.24) is 5.32 Å². The van der Waals surface area contributed by atoms with Gasteiger partial charge in [0.05, 0.1) is 6.61 Å². The summed E-state index contributed by atoms with van der Waals surface area (Å²) < 4.78 is 0. The average Bonchev–Trinajstić information content (AvgIpc) is 2.70. The summed E-state index contributed by atoms with van der Waals surface area (Å²) >= 11 is 0. The second kappa shape index (κ2) is 6.40. The number of benzene rings is 1. The summed E-state index contributed by atoms with van der Waals surface area (Å²) in [6, 6.07) is 9.84. The van der Waals surface area contributed by atoms with Gasteiger partial charge in [-0.3, -0.25) is 0 Å². The lowest BCUT2D eigenvalue weighted by Crippen LogP contribution is -2.41. The van der Waals surface area contributed by atoms with E-state index in [2.05, 4.69) is 55.3 Å². The summed E-state index contributed by atoms with van der Waals surface area (Å²) in [4.78, 5) is 2.47. The van der Waals surface area contributed by atoms with Gasteiger partial charge in [0, 0.05) is 30.4 Å². The van der Waals surface area contributed by atoms with Gasteiger partial charge in [0.1, 0.15) is 0 Å². The van der Waals surface area contributed by atoms with Crippen molar-refractivity contribution < 1.29 is 5.11 Å². The Labute approximate surface area is 116 Å². The summed E-state index contributed by atoms with van der Waals surface area (Å²) in [7, 11) is 0. The van der Waals surface area contributed by atoms with Crippen LogP contribution in [0.2, 0.25) is 0 Å². The minimum absolute atomic E-state index is 0.194. The van der Waals surface area contributed by atoms with E-state index in [1.807, 2.05) is 0 Å². The second-order valence-corrected chi connectivity index (χ2v) is 5.86. The van der Waals surface area contributed by atoms with E-state index in [-0.39, 0.29) is 12.6 Å². The van der Waals surface area contributed by atoms with E-state index >= 15 is 0 Å². The van der Waals surface area contributed by atoms with Gasteiger partial charge in [-0.15, -0.1) is 0 Å². The molecule has 0 amide bonds. The van der Waals surface area contributed by atoms with Crippen LogP contribution >= 0.6 is 0 Å². The molecule has 19 heavy (non-hydrogen) atoms. The first-order valence-electron chi connectivity index (χ1n) is 7.33. The number of aliphatic hydroxyl groups is 1. The molecule has 1 heterocycles. The van der Waals surface area contributed by atoms with Gasteiger partial charge in [-0.25, -0.2) is 0 Å². The molecular formula is C16H26N2O. The number of nitrogens with one attached hydrogen (secondary N) is 1. The number of hydrogen-bond donors (Lipinski definition) is 2. The van der Waals surface area contributed by atoms with Crippen molar-refractivity contribution in [2.75, 3.05) is 18.1 Å². The molecule has 0 saturated carbocycles. The highest BCUT2D eigenvalue weighted by Gasteiger charge is 2.25. The van der Waals surface area contributed by atoms with E-state index < -0.39 is 0 Å². The van der Waals surface area contributed by atoms with Crippen molar-refractivity contribution in [3.63, 3.8) is 0 Å². The Morgan fingerprint density at radius 3 is 2.79 bits per heavy atom. The molecule has 1 aromatic rings. The van der Waals surface area contributed by atoms with Crippen molar-refractivity contribution in [3.8, 4) is 0 Å². The maximum Gasteiger partial charge on any atom is 0.0585 e. The van der Waals surface area contributed by atoms with Crippen molar-refractivity contribution in [2.45, 2.75) is 51.7 Å². The summed E-state index contributed by atoms with van der Waals surface area (Å²) in [5, 5.41) is 12.8. The molecule has 106 valence electrons. The zero-order chi connectivity index (χ0) is 13.8. The fourth-order valence-electron chi connectivity index (χ4n) is 2.96. The smallest absolute Gasteiger partial charge is 0.0585 e. The van der Waals surface area contributed by atoms with Crippen LogP contribution < -0.4 is 10.2 Å². The zero-order valence-electron chi connectivity index (χ0n) is 12.3. The van der Waals surface area contributed by atoms with Crippen LogP contribution in [0.1, 0.15) is 32.8 Å². The molecule has 3 heteroatoms. The van der Waals surface area contributed by atoms with Crippen LogP contribution in [-0.2, 0) is 6.42 Å². The Morgan fingerprint density at radius 1 is 1.37 bits per heavy atom. The standard InChI is InChI=1S/C16H26N2O/c1-12(2)17-15(11-19)8-9-18-13(3)10-14-6-4-5-7-16(14)18/h4-7,12-13,15,17,19H,8-11H2,1-3H3. The number of nitrogens with zero attached hydrogens (tertiary/aromatic N) is 1. The number of hydrogen-bond acceptors (Lipinski definition) is 3. The SMILES string of the molecule is CC(C)NC(CO)CCN1c2ccccc2CC1C. The van der Waals surface area contributed by atoms with Crippen LogP contribution in [0.25, 0.3) is 0 Å². The van der Waals surface area contributed by atoms with E-state index in [9.17, 15) is 5.11 Å². The van der Waals surface area contributed by atoms with Crippen molar-refractivity contribution in [2.24, 2.45) is 0 Å². The Hall–Kier alpha value is -1.06. The lowest BCUT2D eigenvalue weighted by Gasteiger charge is -2.28. The fourth-order valence-corrected chi connectivity index (χ4v) is 2.96. The molecule has 2 rings (SSSR count). The topological polar surface area (TPSA) is 35.5 Å². The second-order valence-electron chi connectivity index (χ2n) is 5.86. The Kier molecular flexibility index (Phi) is 4.83. The summed E-state index contributed by atoms with van der Waals surface area (Å²) in [5.74, 6) is 0. The van der Waals surface area contributed by atoms with Crippen LogP contribution in [0.15, 0.2) is 24.3 Å².